The summed E-state index contributed by atoms with van der Waals surface area (Å²) >= 11 is 2.93. The van der Waals surface area contributed by atoms with Gasteiger partial charge < -0.3 is 0 Å². The molecular weight excluding hydrogens is 352 g/mol. The second-order valence-electron chi connectivity index (χ2n) is 4.12. The van der Waals surface area contributed by atoms with E-state index in [4.69, 9.17) is 0 Å². The Morgan fingerprint density at radius 2 is 1.80 bits per heavy atom. The second-order valence-corrected chi connectivity index (χ2v) is 6.62. The fraction of sp³-hybridized carbons (Fsp3) is 0.0769. The van der Waals surface area contributed by atoms with Crippen LogP contribution in [0.3, 0.4) is 0 Å². The number of hydrogen-bond acceptors (Lipinski definition) is 2. The largest absolute Gasteiger partial charge is 0.275 e. The van der Waals surface area contributed by atoms with Gasteiger partial charge in [0, 0.05) is 10.5 Å². The normalized spacial score (nSPS) is 11.4. The summed E-state index contributed by atoms with van der Waals surface area (Å²) in [6.07, 6.45) is 0. The van der Waals surface area contributed by atoms with Gasteiger partial charge in [-0.25, -0.2) is 17.2 Å². The van der Waals surface area contributed by atoms with Crippen molar-refractivity contribution >= 4 is 31.6 Å². The first-order valence-electron chi connectivity index (χ1n) is 5.54. The fourth-order valence-electron chi connectivity index (χ4n) is 1.69. The molecule has 3 nitrogen and oxygen atoms in total. The number of nitrogens with one attached hydrogen (secondary N) is 1. The molecule has 1 N–H and O–H groups in total. The minimum Gasteiger partial charge on any atom is -0.275 e. The van der Waals surface area contributed by atoms with Crippen molar-refractivity contribution in [2.75, 3.05) is 4.72 Å². The summed E-state index contributed by atoms with van der Waals surface area (Å²) in [5.41, 5.74) is 0.202. The number of anilines is 1. The van der Waals surface area contributed by atoms with Crippen molar-refractivity contribution in [3.05, 3.63) is 58.1 Å². The molecule has 0 unspecified atom stereocenters. The average molecular weight is 362 g/mol. The molecule has 0 saturated carbocycles. The number of sulfonamides is 1. The molecule has 0 aliphatic carbocycles. The summed E-state index contributed by atoms with van der Waals surface area (Å²) in [6.45, 7) is 1.63. The van der Waals surface area contributed by atoms with E-state index < -0.39 is 21.7 Å². The molecule has 0 heterocycles. The lowest BCUT2D eigenvalue weighted by molar-refractivity contribution is 0.581. The summed E-state index contributed by atoms with van der Waals surface area (Å²) < 4.78 is 53.2. The molecule has 106 valence electrons. The van der Waals surface area contributed by atoms with Gasteiger partial charge in [-0.2, -0.15) is 0 Å². The zero-order valence-electron chi connectivity index (χ0n) is 10.3. The highest BCUT2D eigenvalue weighted by Crippen LogP contribution is 2.29. The van der Waals surface area contributed by atoms with E-state index in [9.17, 15) is 17.2 Å². The van der Waals surface area contributed by atoms with Crippen LogP contribution in [0.25, 0.3) is 0 Å². The Labute approximate surface area is 123 Å². The number of benzene rings is 2. The summed E-state index contributed by atoms with van der Waals surface area (Å²) in [5, 5.41) is 0. The van der Waals surface area contributed by atoms with E-state index in [1.807, 2.05) is 0 Å². The standard InChI is InChI=1S/C13H10BrF2NO2S/c1-8-4-2-3-5-12(8)20(18,19)17-13-10(14)6-9(15)7-11(13)16/h2-7,17H,1H3. The molecule has 2 rings (SSSR count). The van der Waals surface area contributed by atoms with Crippen LogP contribution in [0.2, 0.25) is 0 Å². The van der Waals surface area contributed by atoms with E-state index in [0.29, 0.717) is 11.6 Å². The van der Waals surface area contributed by atoms with E-state index in [0.717, 1.165) is 6.07 Å². The van der Waals surface area contributed by atoms with Gasteiger partial charge in [-0.15, -0.1) is 0 Å². The molecule has 0 amide bonds. The summed E-state index contributed by atoms with van der Waals surface area (Å²) in [5.74, 6) is -1.79. The quantitative estimate of drug-likeness (QED) is 0.902. The maximum Gasteiger partial charge on any atom is 0.262 e. The molecule has 0 saturated heterocycles. The van der Waals surface area contributed by atoms with E-state index in [-0.39, 0.29) is 15.1 Å². The van der Waals surface area contributed by atoms with Crippen LogP contribution in [-0.2, 0) is 10.0 Å². The predicted molar refractivity (Wildman–Crippen MR) is 76.0 cm³/mol. The Morgan fingerprint density at radius 1 is 1.15 bits per heavy atom. The molecule has 20 heavy (non-hydrogen) atoms. The zero-order valence-corrected chi connectivity index (χ0v) is 12.7. The van der Waals surface area contributed by atoms with E-state index >= 15 is 0 Å². The molecule has 0 atom stereocenters. The number of halogens is 3. The van der Waals surface area contributed by atoms with Crippen LogP contribution in [0, 0.1) is 18.6 Å². The highest BCUT2D eigenvalue weighted by molar-refractivity contribution is 9.10. The lowest BCUT2D eigenvalue weighted by Crippen LogP contribution is -2.15. The van der Waals surface area contributed by atoms with Crippen LogP contribution in [-0.4, -0.2) is 8.42 Å². The lowest BCUT2D eigenvalue weighted by atomic mass is 10.2. The van der Waals surface area contributed by atoms with Gasteiger partial charge in [0.15, 0.2) is 5.82 Å². The minimum absolute atomic E-state index is 0.00726. The zero-order chi connectivity index (χ0) is 14.9. The SMILES string of the molecule is Cc1ccccc1S(=O)(=O)Nc1c(F)cc(F)cc1Br. The Kier molecular flexibility index (Phi) is 4.10. The number of hydrogen-bond donors (Lipinski definition) is 1. The first-order chi connectivity index (χ1) is 9.31. The van der Waals surface area contributed by atoms with Crippen molar-refractivity contribution in [2.24, 2.45) is 0 Å². The minimum atomic E-state index is -3.94. The van der Waals surface area contributed by atoms with Crippen LogP contribution >= 0.6 is 15.9 Å². The Morgan fingerprint density at radius 3 is 2.40 bits per heavy atom. The molecule has 7 heteroatoms. The summed E-state index contributed by atoms with van der Waals surface area (Å²) in [7, 11) is -3.94. The predicted octanol–water partition coefficient (Wildman–Crippen LogP) is 3.84. The van der Waals surface area contributed by atoms with Crippen LogP contribution in [0.5, 0.6) is 0 Å². The van der Waals surface area contributed by atoms with Crippen LogP contribution in [0.15, 0.2) is 45.8 Å². The third-order valence-corrected chi connectivity index (χ3v) is 4.76. The van der Waals surface area contributed by atoms with Crippen molar-refractivity contribution < 1.29 is 17.2 Å². The molecule has 0 spiro atoms. The average Bonchev–Trinajstić information content (AvgIpc) is 2.34. The van der Waals surface area contributed by atoms with Crippen molar-refractivity contribution in [1.82, 2.24) is 0 Å². The Bertz CT molecular complexity index is 740. The molecular formula is C13H10BrF2NO2S. The van der Waals surface area contributed by atoms with Gasteiger partial charge in [0.05, 0.1) is 10.6 Å². The molecule has 0 fully saturated rings. The highest BCUT2D eigenvalue weighted by Gasteiger charge is 2.20. The van der Waals surface area contributed by atoms with E-state index in [1.165, 1.54) is 6.07 Å². The van der Waals surface area contributed by atoms with Gasteiger partial charge >= 0.3 is 0 Å². The van der Waals surface area contributed by atoms with Crippen molar-refractivity contribution in [2.45, 2.75) is 11.8 Å². The van der Waals surface area contributed by atoms with Gasteiger partial charge in [-0.05, 0) is 40.5 Å². The van der Waals surface area contributed by atoms with Crippen molar-refractivity contribution in [3.63, 3.8) is 0 Å². The monoisotopic (exact) mass is 361 g/mol. The molecule has 0 radical (unpaired) electrons. The first-order valence-corrected chi connectivity index (χ1v) is 7.82. The molecule has 0 aliphatic heterocycles. The van der Waals surface area contributed by atoms with Crippen LogP contribution in [0.1, 0.15) is 5.56 Å². The van der Waals surface area contributed by atoms with Crippen LogP contribution < -0.4 is 4.72 Å². The van der Waals surface area contributed by atoms with Gasteiger partial charge in [0.1, 0.15) is 5.82 Å². The second kappa shape index (κ2) is 5.49. The topological polar surface area (TPSA) is 46.2 Å². The van der Waals surface area contributed by atoms with Crippen molar-refractivity contribution in [3.8, 4) is 0 Å². The van der Waals surface area contributed by atoms with Gasteiger partial charge in [-0.1, -0.05) is 18.2 Å². The van der Waals surface area contributed by atoms with Gasteiger partial charge in [0.2, 0.25) is 0 Å². The first kappa shape index (κ1) is 14.9. The fourth-order valence-corrected chi connectivity index (χ4v) is 3.66. The smallest absolute Gasteiger partial charge is 0.262 e. The van der Waals surface area contributed by atoms with E-state index in [2.05, 4.69) is 20.7 Å². The molecule has 2 aromatic carbocycles. The summed E-state index contributed by atoms with van der Waals surface area (Å²) in [6, 6.07) is 7.90. The maximum absolute atomic E-state index is 13.7. The molecule has 0 aliphatic rings. The van der Waals surface area contributed by atoms with Crippen LogP contribution in [0.4, 0.5) is 14.5 Å². The Balaban J connectivity index is 2.47. The third-order valence-electron chi connectivity index (χ3n) is 2.63. The Hall–Kier alpha value is -1.47. The number of aryl methyl sites for hydroxylation is 1. The highest BCUT2D eigenvalue weighted by atomic mass is 79.9. The van der Waals surface area contributed by atoms with E-state index in [1.54, 1.807) is 25.1 Å². The molecule has 0 aromatic heterocycles. The maximum atomic E-state index is 13.7. The van der Waals surface area contributed by atoms with Gasteiger partial charge in [0.25, 0.3) is 10.0 Å². The third kappa shape index (κ3) is 2.99. The van der Waals surface area contributed by atoms with Gasteiger partial charge in [-0.3, -0.25) is 4.72 Å². The van der Waals surface area contributed by atoms with Crippen molar-refractivity contribution in [1.29, 1.82) is 0 Å². The summed E-state index contributed by atoms with van der Waals surface area (Å²) in [4.78, 5) is 0.0376. The lowest BCUT2D eigenvalue weighted by Gasteiger charge is -2.12. The molecule has 0 bridgehead atoms. The number of rotatable bonds is 3. The molecule has 2 aromatic rings.